The van der Waals surface area contributed by atoms with E-state index in [4.69, 9.17) is 0 Å². The van der Waals surface area contributed by atoms with Crippen molar-refractivity contribution < 1.29 is 0 Å². The Morgan fingerprint density at radius 1 is 0.522 bits per heavy atom. The van der Waals surface area contributed by atoms with E-state index in [1.807, 2.05) is 36.4 Å². The van der Waals surface area contributed by atoms with Crippen molar-refractivity contribution in [1.29, 1.82) is 0 Å². The average molecular weight is 428 g/mol. The van der Waals surface area contributed by atoms with Crippen LogP contribution in [-0.2, 0) is 0 Å². The lowest BCUT2D eigenvalue weighted by Crippen LogP contribution is -1.84. The van der Waals surface area contributed by atoms with Crippen LogP contribution in [0.1, 0.15) is 9.30 Å². The van der Waals surface area contributed by atoms with Gasteiger partial charge in [-0.1, -0.05) is 111 Å². The van der Waals surface area contributed by atoms with Crippen molar-refractivity contribution >= 4 is 53.4 Å². The van der Waals surface area contributed by atoms with Crippen LogP contribution in [-0.4, -0.2) is 0 Å². The zero-order valence-electron chi connectivity index (χ0n) is 12.5. The van der Waals surface area contributed by atoms with Crippen LogP contribution in [0.15, 0.2) is 91.0 Å². The van der Waals surface area contributed by atoms with E-state index in [2.05, 4.69) is 86.5 Å². The molecule has 4 aromatic carbocycles. The van der Waals surface area contributed by atoms with Crippen LogP contribution in [0.2, 0.25) is 0 Å². The molecule has 0 fully saturated rings. The Bertz CT molecular complexity index is 872. The van der Waals surface area contributed by atoms with Gasteiger partial charge in [-0.25, -0.2) is 0 Å². The quantitative estimate of drug-likeness (QED) is 0.218. The van der Waals surface area contributed by atoms with Crippen LogP contribution in [0.3, 0.4) is 0 Å². The van der Waals surface area contributed by atoms with E-state index < -0.39 is 0 Å². The van der Waals surface area contributed by atoms with Gasteiger partial charge in [-0.15, -0.1) is 0 Å². The molecular formula is C21H16Br2. The Hall–Kier alpha value is -1.64. The third kappa shape index (κ3) is 4.01. The monoisotopic (exact) mass is 426 g/mol. The van der Waals surface area contributed by atoms with Crippen LogP contribution in [0.5, 0.6) is 0 Å². The van der Waals surface area contributed by atoms with E-state index in [0.29, 0.717) is 0 Å². The Morgan fingerprint density at radius 3 is 1.61 bits per heavy atom. The molecule has 0 bridgehead atoms. The molecule has 0 unspecified atom stereocenters. The Morgan fingerprint density at radius 2 is 1.04 bits per heavy atom. The van der Waals surface area contributed by atoms with Gasteiger partial charge in [0.05, 0.1) is 3.74 Å². The summed E-state index contributed by atoms with van der Waals surface area (Å²) in [7, 11) is 0. The van der Waals surface area contributed by atoms with Crippen molar-refractivity contribution in [3.05, 3.63) is 96.6 Å². The molecular weight excluding hydrogens is 412 g/mol. The van der Waals surface area contributed by atoms with Crippen LogP contribution < -0.4 is 0 Å². The molecule has 0 aliphatic heterocycles. The lowest BCUT2D eigenvalue weighted by Gasteiger charge is -2.09. The summed E-state index contributed by atoms with van der Waals surface area (Å²) in [5, 5.41) is 5.15. The zero-order valence-corrected chi connectivity index (χ0v) is 15.7. The Labute approximate surface area is 153 Å². The molecule has 0 heterocycles. The topological polar surface area (TPSA) is 0 Å². The maximum Gasteiger partial charge on any atom is 0.0952 e. The molecule has 0 spiro atoms. The summed E-state index contributed by atoms with van der Waals surface area (Å²) in [6.45, 7) is 0. The van der Waals surface area contributed by atoms with Gasteiger partial charge in [0.2, 0.25) is 0 Å². The van der Waals surface area contributed by atoms with Crippen LogP contribution in [0.4, 0.5) is 0 Å². The van der Waals surface area contributed by atoms with Crippen LogP contribution in [0, 0.1) is 0 Å². The summed E-state index contributed by atoms with van der Waals surface area (Å²) in [5.41, 5.74) is 1.27. The predicted molar refractivity (Wildman–Crippen MR) is 108 cm³/mol. The predicted octanol–water partition coefficient (Wildman–Crippen LogP) is 7.47. The van der Waals surface area contributed by atoms with Crippen molar-refractivity contribution in [2.75, 3.05) is 0 Å². The smallest absolute Gasteiger partial charge is 0.0712 e. The third-order valence-electron chi connectivity index (χ3n) is 3.68. The number of fused-ring (bicyclic) bond motifs is 2. The molecule has 0 nitrogen and oxygen atoms in total. The molecule has 2 heteroatoms. The molecule has 0 saturated carbocycles. The second kappa shape index (κ2) is 7.76. The molecule has 0 amide bonds. The first kappa shape index (κ1) is 16.2. The number of halogens is 2. The standard InChI is InChI=1S/C15H10Br2.C6H6/c16-15(17)13-7-3-6-12-8-10-4-1-2-5-11(10)9-14(12)13;1-2-4-6-5-3-1/h1-9,15H;1-6H. The average Bonchev–Trinajstić information content (AvgIpc) is 2.61. The number of benzene rings is 4. The molecule has 0 aliphatic rings. The minimum Gasteiger partial charge on any atom is -0.0712 e. The second-order valence-corrected chi connectivity index (χ2v) is 8.28. The van der Waals surface area contributed by atoms with Crippen molar-refractivity contribution in [1.82, 2.24) is 0 Å². The second-order valence-electron chi connectivity index (χ2n) is 5.22. The van der Waals surface area contributed by atoms with Gasteiger partial charge < -0.3 is 0 Å². The summed E-state index contributed by atoms with van der Waals surface area (Å²) in [6.07, 6.45) is 0. The van der Waals surface area contributed by atoms with Crippen molar-refractivity contribution in [3.63, 3.8) is 0 Å². The van der Waals surface area contributed by atoms with E-state index in [9.17, 15) is 0 Å². The normalized spacial score (nSPS) is 10.6. The first-order valence-corrected chi connectivity index (χ1v) is 9.28. The number of alkyl halides is 2. The first-order valence-electron chi connectivity index (χ1n) is 7.45. The minimum absolute atomic E-state index is 0.194. The van der Waals surface area contributed by atoms with Crippen molar-refractivity contribution in [2.24, 2.45) is 0 Å². The van der Waals surface area contributed by atoms with Gasteiger partial charge in [-0.3, -0.25) is 0 Å². The maximum atomic E-state index is 3.58. The van der Waals surface area contributed by atoms with Crippen molar-refractivity contribution in [2.45, 2.75) is 3.74 Å². The molecule has 4 rings (SSSR count). The molecule has 4 aromatic rings. The van der Waals surface area contributed by atoms with E-state index in [1.54, 1.807) is 0 Å². The number of hydrogen-bond donors (Lipinski definition) is 0. The minimum atomic E-state index is 0.194. The highest BCUT2D eigenvalue weighted by Crippen LogP contribution is 2.35. The van der Waals surface area contributed by atoms with Gasteiger partial charge >= 0.3 is 0 Å². The molecule has 0 saturated heterocycles. The molecule has 0 aliphatic carbocycles. The van der Waals surface area contributed by atoms with Gasteiger partial charge in [0, 0.05) is 0 Å². The summed E-state index contributed by atoms with van der Waals surface area (Å²) in [5.74, 6) is 0. The molecule has 23 heavy (non-hydrogen) atoms. The first-order chi connectivity index (χ1) is 11.3. The molecule has 0 N–H and O–H groups in total. The van der Waals surface area contributed by atoms with Gasteiger partial charge in [0.25, 0.3) is 0 Å². The van der Waals surface area contributed by atoms with Gasteiger partial charge in [0.15, 0.2) is 0 Å². The van der Waals surface area contributed by atoms with Crippen molar-refractivity contribution in [3.8, 4) is 0 Å². The summed E-state index contributed by atoms with van der Waals surface area (Å²) < 4.78 is 0.194. The van der Waals surface area contributed by atoms with Gasteiger partial charge in [-0.2, -0.15) is 0 Å². The lowest BCUT2D eigenvalue weighted by molar-refractivity contribution is 1.48. The number of hydrogen-bond acceptors (Lipinski definition) is 0. The largest absolute Gasteiger partial charge is 0.0952 e. The highest BCUT2D eigenvalue weighted by molar-refractivity contribution is 9.24. The summed E-state index contributed by atoms with van der Waals surface area (Å²) in [4.78, 5) is 0. The molecule has 0 aromatic heterocycles. The van der Waals surface area contributed by atoms with Gasteiger partial charge in [0.1, 0.15) is 0 Å². The summed E-state index contributed by atoms with van der Waals surface area (Å²) >= 11 is 7.17. The molecule has 114 valence electrons. The fourth-order valence-electron chi connectivity index (χ4n) is 2.57. The van der Waals surface area contributed by atoms with Crippen LogP contribution >= 0.6 is 31.9 Å². The fraction of sp³-hybridized carbons (Fsp3) is 0.0476. The third-order valence-corrected chi connectivity index (χ3v) is 4.67. The van der Waals surface area contributed by atoms with E-state index >= 15 is 0 Å². The maximum absolute atomic E-state index is 3.58. The van der Waals surface area contributed by atoms with E-state index in [-0.39, 0.29) is 3.74 Å². The molecule has 0 radical (unpaired) electrons. The van der Waals surface area contributed by atoms with E-state index in [0.717, 1.165) is 0 Å². The fourth-order valence-corrected chi connectivity index (χ4v) is 3.36. The lowest BCUT2D eigenvalue weighted by atomic mass is 10.0. The van der Waals surface area contributed by atoms with Crippen LogP contribution in [0.25, 0.3) is 21.5 Å². The summed E-state index contributed by atoms with van der Waals surface area (Å²) in [6, 6.07) is 31.4. The SMILES string of the molecule is BrC(Br)c1cccc2cc3ccccc3cc12.c1ccccc1. The zero-order chi connectivity index (χ0) is 16.1. The molecule has 0 atom stereocenters. The Balaban J connectivity index is 0.000000220. The Kier molecular flexibility index (Phi) is 5.47. The number of rotatable bonds is 1. The van der Waals surface area contributed by atoms with E-state index in [1.165, 1.54) is 27.1 Å². The highest BCUT2D eigenvalue weighted by atomic mass is 79.9. The van der Waals surface area contributed by atoms with Gasteiger partial charge in [-0.05, 0) is 39.2 Å². The highest BCUT2D eigenvalue weighted by Gasteiger charge is 2.07.